The number of hydrogen-bond donors (Lipinski definition) is 1. The minimum atomic E-state index is -0.808. The van der Waals surface area contributed by atoms with Crippen LogP contribution in [0.1, 0.15) is 31.2 Å². The van der Waals surface area contributed by atoms with Crippen LogP contribution in [0.15, 0.2) is 42.5 Å². The summed E-state index contributed by atoms with van der Waals surface area (Å²) in [6.45, 7) is 4.77. The number of aliphatic carboxylic acids is 1. The maximum absolute atomic E-state index is 11.1. The van der Waals surface area contributed by atoms with Crippen molar-refractivity contribution in [1.82, 2.24) is 9.38 Å². The number of rotatable bonds is 7. The first kappa shape index (κ1) is 17.0. The Balaban J connectivity index is 2.03. The average Bonchev–Trinajstić information content (AvgIpc) is 2.98. The van der Waals surface area contributed by atoms with E-state index in [1.807, 2.05) is 53.8 Å². The minimum Gasteiger partial charge on any atom is -0.494 e. The fraction of sp³-hybridized carbons (Fsp3) is 0.300. The molecule has 5 nitrogen and oxygen atoms in total. The number of imidazole rings is 1. The summed E-state index contributed by atoms with van der Waals surface area (Å²) in [6, 6.07) is 13.7. The SMILES string of the molecule is CCCOc1ccc(-c2nc3cccc(C)n3c2CCC(=O)O)cc1. The van der Waals surface area contributed by atoms with Crippen LogP contribution in [0.5, 0.6) is 5.75 Å². The van der Waals surface area contributed by atoms with Gasteiger partial charge in [-0.15, -0.1) is 0 Å². The van der Waals surface area contributed by atoms with E-state index in [9.17, 15) is 4.79 Å². The van der Waals surface area contributed by atoms with Crippen molar-refractivity contribution in [3.63, 3.8) is 0 Å². The largest absolute Gasteiger partial charge is 0.494 e. The molecule has 3 rings (SSSR count). The molecule has 0 bridgehead atoms. The lowest BCUT2D eigenvalue weighted by Gasteiger charge is -2.08. The van der Waals surface area contributed by atoms with E-state index in [-0.39, 0.29) is 6.42 Å². The number of carboxylic acid groups (broad SMARTS) is 1. The first-order valence-electron chi connectivity index (χ1n) is 8.52. The van der Waals surface area contributed by atoms with E-state index < -0.39 is 5.97 Å². The van der Waals surface area contributed by atoms with E-state index in [0.717, 1.165) is 40.5 Å². The van der Waals surface area contributed by atoms with Gasteiger partial charge >= 0.3 is 5.97 Å². The molecule has 25 heavy (non-hydrogen) atoms. The number of carboxylic acids is 1. The van der Waals surface area contributed by atoms with Gasteiger partial charge in [0.1, 0.15) is 11.4 Å². The number of hydrogen-bond acceptors (Lipinski definition) is 3. The monoisotopic (exact) mass is 338 g/mol. The number of aromatic nitrogens is 2. The fourth-order valence-electron chi connectivity index (χ4n) is 2.94. The highest BCUT2D eigenvalue weighted by Crippen LogP contribution is 2.28. The summed E-state index contributed by atoms with van der Waals surface area (Å²) < 4.78 is 7.67. The molecule has 0 fully saturated rings. The quantitative estimate of drug-likeness (QED) is 0.704. The van der Waals surface area contributed by atoms with Crippen LogP contribution in [0.4, 0.5) is 0 Å². The van der Waals surface area contributed by atoms with Crippen LogP contribution in [0.3, 0.4) is 0 Å². The average molecular weight is 338 g/mol. The van der Waals surface area contributed by atoms with Crippen molar-refractivity contribution in [1.29, 1.82) is 0 Å². The summed E-state index contributed by atoms with van der Waals surface area (Å²) in [4.78, 5) is 15.8. The number of benzene rings is 1. The smallest absolute Gasteiger partial charge is 0.303 e. The van der Waals surface area contributed by atoms with Gasteiger partial charge in [-0.05, 0) is 49.7 Å². The molecule has 1 N–H and O–H groups in total. The van der Waals surface area contributed by atoms with Crippen LogP contribution in [0, 0.1) is 6.92 Å². The van der Waals surface area contributed by atoms with Crippen LogP contribution in [0.25, 0.3) is 16.9 Å². The molecule has 0 radical (unpaired) electrons. The third kappa shape index (κ3) is 3.65. The number of fused-ring (bicyclic) bond motifs is 1. The maximum atomic E-state index is 11.1. The molecular formula is C20H22N2O3. The highest BCUT2D eigenvalue weighted by Gasteiger charge is 2.16. The summed E-state index contributed by atoms with van der Waals surface area (Å²) in [5, 5.41) is 9.09. The van der Waals surface area contributed by atoms with E-state index in [2.05, 4.69) is 6.92 Å². The standard InChI is InChI=1S/C20H22N2O3/c1-3-13-25-16-9-7-15(8-10-16)20-17(11-12-19(23)24)22-14(2)5-4-6-18(22)21-20/h4-10H,3,11-13H2,1-2H3,(H,23,24). The van der Waals surface area contributed by atoms with Gasteiger partial charge in [0.15, 0.2) is 0 Å². The number of carbonyl (C=O) groups is 1. The lowest BCUT2D eigenvalue weighted by Crippen LogP contribution is -2.03. The molecule has 0 aliphatic rings. The molecule has 0 aliphatic carbocycles. The molecule has 2 heterocycles. The topological polar surface area (TPSA) is 63.8 Å². The van der Waals surface area contributed by atoms with Gasteiger partial charge < -0.3 is 14.2 Å². The molecule has 0 saturated carbocycles. The van der Waals surface area contributed by atoms with Crippen LogP contribution in [0.2, 0.25) is 0 Å². The number of nitrogens with zero attached hydrogens (tertiary/aromatic N) is 2. The molecule has 3 aromatic rings. The predicted octanol–water partition coefficient (Wildman–Crippen LogP) is 4.12. The van der Waals surface area contributed by atoms with Gasteiger partial charge in [-0.2, -0.15) is 0 Å². The summed E-state index contributed by atoms with van der Waals surface area (Å²) in [6.07, 6.45) is 1.48. The summed E-state index contributed by atoms with van der Waals surface area (Å²) >= 11 is 0. The van der Waals surface area contributed by atoms with Gasteiger partial charge in [0.05, 0.1) is 24.4 Å². The number of ether oxygens (including phenoxy) is 1. The zero-order valence-electron chi connectivity index (χ0n) is 14.5. The Bertz CT molecular complexity index is 882. The zero-order chi connectivity index (χ0) is 17.8. The van der Waals surface area contributed by atoms with Gasteiger partial charge in [0, 0.05) is 17.7 Å². The van der Waals surface area contributed by atoms with Gasteiger partial charge in [0.2, 0.25) is 0 Å². The molecule has 130 valence electrons. The molecule has 2 aromatic heterocycles. The van der Waals surface area contributed by atoms with Crippen molar-refractivity contribution in [2.45, 2.75) is 33.1 Å². The molecule has 1 aromatic carbocycles. The Morgan fingerprint density at radius 3 is 2.64 bits per heavy atom. The second-order valence-corrected chi connectivity index (χ2v) is 6.03. The van der Waals surface area contributed by atoms with Crippen LogP contribution >= 0.6 is 0 Å². The third-order valence-electron chi connectivity index (χ3n) is 4.11. The molecule has 0 unspecified atom stereocenters. The first-order chi connectivity index (χ1) is 12.1. The molecular weight excluding hydrogens is 316 g/mol. The van der Waals surface area contributed by atoms with E-state index in [0.29, 0.717) is 13.0 Å². The normalized spacial score (nSPS) is 11.0. The second-order valence-electron chi connectivity index (χ2n) is 6.03. The van der Waals surface area contributed by atoms with Crippen molar-refractivity contribution in [3.8, 4) is 17.0 Å². The molecule has 0 aliphatic heterocycles. The summed E-state index contributed by atoms with van der Waals surface area (Å²) in [5.74, 6) is 0.0235. The Morgan fingerprint density at radius 1 is 1.20 bits per heavy atom. The lowest BCUT2D eigenvalue weighted by atomic mass is 10.1. The fourth-order valence-corrected chi connectivity index (χ4v) is 2.94. The molecule has 5 heteroatoms. The summed E-state index contributed by atoms with van der Waals surface area (Å²) in [5.41, 5.74) is 4.60. The van der Waals surface area contributed by atoms with Gasteiger partial charge in [-0.1, -0.05) is 13.0 Å². The zero-order valence-corrected chi connectivity index (χ0v) is 14.5. The minimum absolute atomic E-state index is 0.0762. The van der Waals surface area contributed by atoms with Gasteiger partial charge in [-0.25, -0.2) is 4.98 Å². The molecule has 0 atom stereocenters. The number of pyridine rings is 1. The van der Waals surface area contributed by atoms with Crippen LogP contribution in [-0.4, -0.2) is 27.1 Å². The van der Waals surface area contributed by atoms with Crippen molar-refractivity contribution in [2.24, 2.45) is 0 Å². The van der Waals surface area contributed by atoms with Crippen LogP contribution in [-0.2, 0) is 11.2 Å². The maximum Gasteiger partial charge on any atom is 0.303 e. The highest BCUT2D eigenvalue weighted by atomic mass is 16.5. The third-order valence-corrected chi connectivity index (χ3v) is 4.11. The van der Waals surface area contributed by atoms with Gasteiger partial charge in [0.25, 0.3) is 0 Å². The number of aryl methyl sites for hydroxylation is 2. The van der Waals surface area contributed by atoms with E-state index in [4.69, 9.17) is 14.8 Å². The molecule has 0 saturated heterocycles. The van der Waals surface area contributed by atoms with E-state index >= 15 is 0 Å². The van der Waals surface area contributed by atoms with Gasteiger partial charge in [-0.3, -0.25) is 4.79 Å². The van der Waals surface area contributed by atoms with Crippen LogP contribution < -0.4 is 4.74 Å². The second kappa shape index (κ2) is 7.38. The Hall–Kier alpha value is -2.82. The molecule has 0 amide bonds. The van der Waals surface area contributed by atoms with Crippen molar-refractivity contribution >= 4 is 11.6 Å². The lowest BCUT2D eigenvalue weighted by molar-refractivity contribution is -0.136. The first-order valence-corrected chi connectivity index (χ1v) is 8.52. The Morgan fingerprint density at radius 2 is 1.96 bits per heavy atom. The Labute approximate surface area is 146 Å². The highest BCUT2D eigenvalue weighted by molar-refractivity contribution is 5.70. The van der Waals surface area contributed by atoms with E-state index in [1.54, 1.807) is 0 Å². The Kier molecular flexibility index (Phi) is 5.03. The van der Waals surface area contributed by atoms with Crippen molar-refractivity contribution in [2.75, 3.05) is 6.61 Å². The summed E-state index contributed by atoms with van der Waals surface area (Å²) in [7, 11) is 0. The predicted molar refractivity (Wildman–Crippen MR) is 97.1 cm³/mol. The molecule has 0 spiro atoms. The van der Waals surface area contributed by atoms with E-state index in [1.165, 1.54) is 0 Å². The van der Waals surface area contributed by atoms with Crippen molar-refractivity contribution in [3.05, 3.63) is 53.9 Å². The van der Waals surface area contributed by atoms with Crippen molar-refractivity contribution < 1.29 is 14.6 Å².